The predicted octanol–water partition coefficient (Wildman–Crippen LogP) is 0.865. The highest BCUT2D eigenvalue weighted by molar-refractivity contribution is 5.64. The first-order chi connectivity index (χ1) is 7.83. The van der Waals surface area contributed by atoms with Gasteiger partial charge in [0.2, 0.25) is 0 Å². The number of furan rings is 1. The molecule has 6 nitrogen and oxygen atoms in total. The lowest BCUT2D eigenvalue weighted by atomic mass is 10.3. The van der Waals surface area contributed by atoms with E-state index in [0.29, 0.717) is 13.1 Å². The number of nitrogens with zero attached hydrogens (tertiary/aromatic N) is 4. The Kier molecular flexibility index (Phi) is 1.92. The summed E-state index contributed by atoms with van der Waals surface area (Å²) in [5.41, 5.74) is 0.886. The fourth-order valence-corrected chi connectivity index (χ4v) is 1.72. The van der Waals surface area contributed by atoms with E-state index < -0.39 is 0 Å². The molecule has 0 fully saturated rings. The van der Waals surface area contributed by atoms with E-state index in [1.54, 1.807) is 18.9 Å². The largest absolute Gasteiger partial charge is 0.467 e. The number of aliphatic imine (C=N–C) groups is 1. The van der Waals surface area contributed by atoms with Crippen molar-refractivity contribution in [2.75, 3.05) is 5.84 Å². The molecule has 0 bridgehead atoms. The van der Waals surface area contributed by atoms with Crippen molar-refractivity contribution in [1.29, 1.82) is 0 Å². The second-order valence-corrected chi connectivity index (χ2v) is 3.65. The second-order valence-electron chi connectivity index (χ2n) is 3.65. The van der Waals surface area contributed by atoms with Crippen LogP contribution in [0.2, 0.25) is 0 Å². The van der Waals surface area contributed by atoms with Crippen molar-refractivity contribution in [3.63, 3.8) is 0 Å². The molecule has 2 aromatic heterocycles. The Morgan fingerprint density at radius 3 is 3.25 bits per heavy atom. The van der Waals surface area contributed by atoms with Crippen LogP contribution in [0.5, 0.6) is 0 Å². The number of nitrogens with two attached hydrogens (primary N) is 1. The molecule has 2 aromatic rings. The zero-order chi connectivity index (χ0) is 11.0. The molecule has 2 N–H and O–H groups in total. The summed E-state index contributed by atoms with van der Waals surface area (Å²) in [6.45, 7) is 1.39. The Morgan fingerprint density at radius 2 is 2.44 bits per heavy atom. The lowest BCUT2D eigenvalue weighted by molar-refractivity contribution is 0.358. The normalized spacial score (nSPS) is 14.1. The van der Waals surface area contributed by atoms with Gasteiger partial charge < -0.3 is 15.2 Å². The van der Waals surface area contributed by atoms with Gasteiger partial charge in [-0.05, 0) is 12.1 Å². The van der Waals surface area contributed by atoms with E-state index in [2.05, 4.69) is 9.98 Å². The Morgan fingerprint density at radius 1 is 1.50 bits per heavy atom. The maximum absolute atomic E-state index is 5.65. The van der Waals surface area contributed by atoms with Crippen LogP contribution in [0.1, 0.15) is 11.5 Å². The third-order valence-electron chi connectivity index (χ3n) is 2.48. The highest BCUT2D eigenvalue weighted by Gasteiger charge is 2.16. The average molecular weight is 217 g/mol. The number of aromatic nitrogens is 2. The monoisotopic (exact) mass is 217 g/mol. The fourth-order valence-electron chi connectivity index (χ4n) is 1.72. The number of fused-ring (bicyclic) bond motifs is 1. The third kappa shape index (κ3) is 1.44. The summed E-state index contributed by atoms with van der Waals surface area (Å²) in [7, 11) is 0. The Bertz CT molecular complexity index is 513. The smallest absolute Gasteiger partial charge is 0.177 e. The molecule has 1 aliphatic heterocycles. The third-order valence-corrected chi connectivity index (χ3v) is 2.48. The maximum Gasteiger partial charge on any atom is 0.177 e. The first-order valence-electron chi connectivity index (χ1n) is 4.95. The number of rotatable bonds is 2. The van der Waals surface area contributed by atoms with E-state index >= 15 is 0 Å². The van der Waals surface area contributed by atoms with Gasteiger partial charge >= 0.3 is 0 Å². The highest BCUT2D eigenvalue weighted by atomic mass is 16.3. The summed E-state index contributed by atoms with van der Waals surface area (Å²) in [6.07, 6.45) is 4.99. The Labute approximate surface area is 92.0 Å². The summed E-state index contributed by atoms with van der Waals surface area (Å²) in [5, 5.41) is 0. The molecule has 16 heavy (non-hydrogen) atoms. The van der Waals surface area contributed by atoms with Gasteiger partial charge in [0.1, 0.15) is 17.8 Å². The molecule has 0 saturated heterocycles. The summed E-state index contributed by atoms with van der Waals surface area (Å²) in [6, 6.07) is 3.81. The number of hydrogen-bond acceptors (Lipinski definition) is 5. The molecule has 0 atom stereocenters. The zero-order valence-corrected chi connectivity index (χ0v) is 8.58. The van der Waals surface area contributed by atoms with E-state index in [-0.39, 0.29) is 0 Å². The summed E-state index contributed by atoms with van der Waals surface area (Å²) in [4.78, 5) is 10.5. The van der Waals surface area contributed by atoms with Crippen LogP contribution < -0.4 is 5.84 Å². The first kappa shape index (κ1) is 9.02. The molecule has 0 radical (unpaired) electrons. The van der Waals surface area contributed by atoms with Crippen LogP contribution in [-0.4, -0.2) is 20.9 Å². The van der Waals surface area contributed by atoms with Crippen LogP contribution >= 0.6 is 0 Å². The maximum atomic E-state index is 5.65. The van der Waals surface area contributed by atoms with E-state index in [4.69, 9.17) is 10.3 Å². The van der Waals surface area contributed by atoms with Crippen molar-refractivity contribution >= 4 is 12.2 Å². The minimum atomic E-state index is 0.688. The minimum absolute atomic E-state index is 0.688. The molecule has 0 aliphatic carbocycles. The SMILES string of the molecule is Nn1cnc2c1N=CN(Cc1ccco1)C2. The van der Waals surface area contributed by atoms with Gasteiger partial charge in [-0.1, -0.05) is 0 Å². The molecule has 3 heterocycles. The van der Waals surface area contributed by atoms with Gasteiger partial charge in [0, 0.05) is 0 Å². The minimum Gasteiger partial charge on any atom is -0.467 e. The molecule has 0 spiro atoms. The van der Waals surface area contributed by atoms with Crippen LogP contribution in [0, 0.1) is 0 Å². The van der Waals surface area contributed by atoms with Crippen molar-refractivity contribution in [3.8, 4) is 0 Å². The van der Waals surface area contributed by atoms with Gasteiger partial charge in [0.25, 0.3) is 0 Å². The van der Waals surface area contributed by atoms with Gasteiger partial charge in [-0.3, -0.25) is 0 Å². The summed E-state index contributed by atoms with van der Waals surface area (Å²) >= 11 is 0. The number of nitrogen functional groups attached to an aromatic ring is 1. The molecule has 0 amide bonds. The van der Waals surface area contributed by atoms with Crippen molar-refractivity contribution in [2.45, 2.75) is 13.1 Å². The van der Waals surface area contributed by atoms with Gasteiger partial charge in [0.15, 0.2) is 5.82 Å². The quantitative estimate of drug-likeness (QED) is 0.757. The standard InChI is InChI=1S/C10H11N5O/c11-15-7-12-9-5-14(6-13-10(9)15)4-8-2-1-3-16-8/h1-3,6-7H,4-5,11H2. The molecular weight excluding hydrogens is 206 g/mol. The first-order valence-corrected chi connectivity index (χ1v) is 4.95. The molecular formula is C10H11N5O. The summed E-state index contributed by atoms with van der Waals surface area (Å²) < 4.78 is 6.70. The lowest BCUT2D eigenvalue weighted by Gasteiger charge is -2.20. The van der Waals surface area contributed by atoms with Crippen molar-refractivity contribution < 1.29 is 4.42 Å². The number of imidazole rings is 1. The van der Waals surface area contributed by atoms with Gasteiger partial charge in [-0.2, -0.15) is 0 Å². The molecule has 1 aliphatic rings. The van der Waals surface area contributed by atoms with Crippen molar-refractivity contribution in [1.82, 2.24) is 14.6 Å². The molecule has 0 unspecified atom stereocenters. The Hall–Kier alpha value is -2.24. The fraction of sp³-hybridized carbons (Fsp3) is 0.200. The van der Waals surface area contributed by atoms with Crippen LogP contribution in [0.15, 0.2) is 34.1 Å². The van der Waals surface area contributed by atoms with Crippen LogP contribution in [-0.2, 0) is 13.1 Å². The predicted molar refractivity (Wildman–Crippen MR) is 58.5 cm³/mol. The molecule has 82 valence electrons. The highest BCUT2D eigenvalue weighted by Crippen LogP contribution is 2.21. The molecule has 0 saturated carbocycles. The second kappa shape index (κ2) is 3.41. The van der Waals surface area contributed by atoms with E-state index in [1.807, 2.05) is 17.0 Å². The average Bonchev–Trinajstić information content (AvgIpc) is 2.90. The topological polar surface area (TPSA) is 72.6 Å². The summed E-state index contributed by atoms with van der Waals surface area (Å²) in [5.74, 6) is 7.27. The van der Waals surface area contributed by atoms with E-state index in [1.165, 1.54) is 4.68 Å². The van der Waals surface area contributed by atoms with Crippen molar-refractivity contribution in [3.05, 3.63) is 36.2 Å². The van der Waals surface area contributed by atoms with Gasteiger partial charge in [-0.25, -0.2) is 14.7 Å². The zero-order valence-electron chi connectivity index (χ0n) is 8.58. The van der Waals surface area contributed by atoms with E-state index in [0.717, 1.165) is 17.3 Å². The molecule has 6 heteroatoms. The Balaban J connectivity index is 1.78. The number of hydrogen-bond donors (Lipinski definition) is 1. The van der Waals surface area contributed by atoms with Crippen LogP contribution in [0.25, 0.3) is 0 Å². The molecule has 3 rings (SSSR count). The van der Waals surface area contributed by atoms with Gasteiger partial charge in [-0.15, -0.1) is 0 Å². The van der Waals surface area contributed by atoms with Crippen LogP contribution in [0.3, 0.4) is 0 Å². The van der Waals surface area contributed by atoms with Crippen molar-refractivity contribution in [2.24, 2.45) is 4.99 Å². The van der Waals surface area contributed by atoms with Gasteiger partial charge in [0.05, 0.1) is 25.7 Å². The molecule has 0 aromatic carbocycles. The van der Waals surface area contributed by atoms with E-state index in [9.17, 15) is 0 Å². The lowest BCUT2D eigenvalue weighted by Crippen LogP contribution is -2.24. The van der Waals surface area contributed by atoms with Crippen LogP contribution in [0.4, 0.5) is 5.82 Å².